The Kier molecular flexibility index (Phi) is 7.34. The monoisotopic (exact) mass is 455 g/mol. The molecule has 0 saturated carbocycles. The number of carbonyl (C=O) groups excluding carboxylic acids is 1. The van der Waals surface area contributed by atoms with Gasteiger partial charge in [-0.15, -0.1) is 0 Å². The number of ether oxygens (including phenoxy) is 1. The lowest BCUT2D eigenvalue weighted by Crippen LogP contribution is -2.37. The first kappa shape index (κ1) is 22.6. The van der Waals surface area contributed by atoms with E-state index in [4.69, 9.17) is 9.72 Å². The van der Waals surface area contributed by atoms with Crippen molar-refractivity contribution in [1.29, 1.82) is 0 Å². The van der Waals surface area contributed by atoms with Crippen molar-refractivity contribution in [1.82, 2.24) is 14.5 Å². The quantitative estimate of drug-likeness (QED) is 0.294. The Bertz CT molecular complexity index is 1140. The standard InChI is InChI=1S/C24H26FN3O3S/c1-17(22(29)18-7-9-19(25)10-8-18)32-24-26-21-6-3-2-5-20(21)23(30)28(24)12-4-11-27-13-15-31-16-14-27/h2-3,5-10,17H,4,11-16H2,1H3/t17-/m0/s1. The highest BCUT2D eigenvalue weighted by atomic mass is 32.2. The van der Waals surface area contributed by atoms with Crippen molar-refractivity contribution in [3.8, 4) is 0 Å². The van der Waals surface area contributed by atoms with Crippen LogP contribution in [0.5, 0.6) is 0 Å². The maximum atomic E-state index is 13.2. The molecular weight excluding hydrogens is 429 g/mol. The summed E-state index contributed by atoms with van der Waals surface area (Å²) in [6.07, 6.45) is 0.799. The first-order chi connectivity index (χ1) is 15.5. The fourth-order valence-corrected chi connectivity index (χ4v) is 4.78. The number of benzene rings is 2. The third-order valence-corrected chi connectivity index (χ3v) is 6.66. The molecule has 4 rings (SSSR count). The maximum Gasteiger partial charge on any atom is 0.262 e. The molecule has 0 bridgehead atoms. The molecule has 8 heteroatoms. The van der Waals surface area contributed by atoms with Crippen molar-refractivity contribution in [3.63, 3.8) is 0 Å². The Hall–Kier alpha value is -2.55. The Balaban J connectivity index is 1.56. The van der Waals surface area contributed by atoms with Crippen molar-refractivity contribution in [2.45, 2.75) is 30.3 Å². The minimum atomic E-state index is -0.473. The minimum Gasteiger partial charge on any atom is -0.379 e. The van der Waals surface area contributed by atoms with E-state index in [0.29, 0.717) is 28.2 Å². The number of para-hydroxylation sites is 1. The van der Waals surface area contributed by atoms with Crippen molar-refractivity contribution < 1.29 is 13.9 Å². The zero-order valence-electron chi connectivity index (χ0n) is 18.0. The van der Waals surface area contributed by atoms with Crippen molar-refractivity contribution >= 4 is 28.4 Å². The summed E-state index contributed by atoms with van der Waals surface area (Å²) in [4.78, 5) is 33.1. The smallest absolute Gasteiger partial charge is 0.262 e. The van der Waals surface area contributed by atoms with Crippen LogP contribution < -0.4 is 5.56 Å². The number of hydrogen-bond donors (Lipinski definition) is 0. The van der Waals surface area contributed by atoms with E-state index in [0.717, 1.165) is 39.3 Å². The van der Waals surface area contributed by atoms with Gasteiger partial charge in [-0.1, -0.05) is 23.9 Å². The molecular formula is C24H26FN3O3S. The first-order valence-electron chi connectivity index (χ1n) is 10.8. The van der Waals surface area contributed by atoms with Crippen LogP contribution in [0.3, 0.4) is 0 Å². The molecule has 6 nitrogen and oxygen atoms in total. The van der Waals surface area contributed by atoms with E-state index in [1.54, 1.807) is 17.6 Å². The van der Waals surface area contributed by atoms with E-state index in [1.807, 2.05) is 18.2 Å². The zero-order chi connectivity index (χ0) is 22.5. The molecule has 1 aromatic heterocycles. The molecule has 32 heavy (non-hydrogen) atoms. The maximum absolute atomic E-state index is 13.2. The van der Waals surface area contributed by atoms with Gasteiger partial charge in [0, 0.05) is 31.7 Å². The van der Waals surface area contributed by atoms with Crippen LogP contribution in [0.2, 0.25) is 0 Å². The predicted octanol–water partition coefficient (Wildman–Crippen LogP) is 3.62. The second kappa shape index (κ2) is 10.4. The number of nitrogens with zero attached hydrogens (tertiary/aromatic N) is 3. The topological polar surface area (TPSA) is 64.4 Å². The van der Waals surface area contributed by atoms with Gasteiger partial charge in [-0.25, -0.2) is 9.37 Å². The summed E-state index contributed by atoms with van der Waals surface area (Å²) in [5.74, 6) is -0.510. The largest absolute Gasteiger partial charge is 0.379 e. The molecule has 0 N–H and O–H groups in total. The van der Waals surface area contributed by atoms with E-state index >= 15 is 0 Å². The molecule has 0 unspecified atom stereocenters. The Morgan fingerprint density at radius 1 is 1.12 bits per heavy atom. The summed E-state index contributed by atoms with van der Waals surface area (Å²) in [6.45, 7) is 6.45. The van der Waals surface area contributed by atoms with E-state index in [9.17, 15) is 14.0 Å². The molecule has 3 aromatic rings. The van der Waals surface area contributed by atoms with Crippen LogP contribution in [0.15, 0.2) is 58.5 Å². The number of morpholine rings is 1. The summed E-state index contributed by atoms with van der Waals surface area (Å²) in [5.41, 5.74) is 0.959. The highest BCUT2D eigenvalue weighted by Gasteiger charge is 2.21. The van der Waals surface area contributed by atoms with Crippen molar-refractivity contribution in [2.24, 2.45) is 0 Å². The zero-order valence-corrected chi connectivity index (χ0v) is 18.8. The number of ketones is 1. The summed E-state index contributed by atoms with van der Waals surface area (Å²) < 4.78 is 20.3. The lowest BCUT2D eigenvalue weighted by molar-refractivity contribution is 0.0368. The Morgan fingerprint density at radius 3 is 2.59 bits per heavy atom. The molecule has 1 aliphatic rings. The molecule has 0 radical (unpaired) electrons. The van der Waals surface area contributed by atoms with E-state index in [1.165, 1.54) is 36.0 Å². The van der Waals surface area contributed by atoms with Crippen LogP contribution in [0, 0.1) is 5.82 Å². The second-order valence-corrected chi connectivity index (χ2v) is 9.12. The highest BCUT2D eigenvalue weighted by molar-refractivity contribution is 8.00. The van der Waals surface area contributed by atoms with Gasteiger partial charge in [0.2, 0.25) is 0 Å². The van der Waals surface area contributed by atoms with Gasteiger partial charge in [0.1, 0.15) is 5.82 Å². The number of thioether (sulfide) groups is 1. The average molecular weight is 456 g/mol. The number of hydrogen-bond acceptors (Lipinski definition) is 6. The SMILES string of the molecule is C[C@H](Sc1nc2ccccc2c(=O)n1CCCN1CCOCC1)C(=O)c1ccc(F)cc1. The van der Waals surface area contributed by atoms with Crippen LogP contribution >= 0.6 is 11.8 Å². The van der Waals surface area contributed by atoms with Crippen molar-refractivity contribution in [2.75, 3.05) is 32.8 Å². The van der Waals surface area contributed by atoms with E-state index in [-0.39, 0.29) is 17.2 Å². The Morgan fingerprint density at radius 2 is 1.84 bits per heavy atom. The molecule has 0 spiro atoms. The molecule has 0 amide bonds. The lowest BCUT2D eigenvalue weighted by atomic mass is 10.1. The van der Waals surface area contributed by atoms with Gasteiger partial charge in [0.05, 0.1) is 29.4 Å². The number of aromatic nitrogens is 2. The minimum absolute atomic E-state index is 0.0958. The van der Waals surface area contributed by atoms with E-state index < -0.39 is 5.25 Å². The van der Waals surface area contributed by atoms with Gasteiger partial charge in [0.15, 0.2) is 10.9 Å². The molecule has 2 aromatic carbocycles. The molecule has 0 aliphatic carbocycles. The summed E-state index contributed by atoms with van der Waals surface area (Å²) in [6, 6.07) is 12.8. The summed E-state index contributed by atoms with van der Waals surface area (Å²) in [7, 11) is 0. The van der Waals surface area contributed by atoms with Gasteiger partial charge in [-0.3, -0.25) is 19.1 Å². The number of Topliss-reactive ketones (excluding diaryl/α,β-unsaturated/α-hetero) is 1. The van der Waals surface area contributed by atoms with Crippen LogP contribution in [-0.2, 0) is 11.3 Å². The number of rotatable bonds is 8. The fourth-order valence-electron chi connectivity index (χ4n) is 3.77. The number of carbonyl (C=O) groups is 1. The molecule has 1 atom stereocenters. The number of halogens is 1. The molecule has 1 aliphatic heterocycles. The third kappa shape index (κ3) is 5.26. The average Bonchev–Trinajstić information content (AvgIpc) is 2.82. The van der Waals surface area contributed by atoms with Gasteiger partial charge in [-0.05, 0) is 49.7 Å². The lowest BCUT2D eigenvalue weighted by Gasteiger charge is -2.26. The molecule has 1 fully saturated rings. The molecule has 2 heterocycles. The van der Waals surface area contributed by atoms with Crippen LogP contribution in [-0.4, -0.2) is 58.3 Å². The van der Waals surface area contributed by atoms with Gasteiger partial charge in [0.25, 0.3) is 5.56 Å². The predicted molar refractivity (Wildman–Crippen MR) is 124 cm³/mol. The van der Waals surface area contributed by atoms with Gasteiger partial charge >= 0.3 is 0 Å². The summed E-state index contributed by atoms with van der Waals surface area (Å²) >= 11 is 1.27. The molecule has 1 saturated heterocycles. The van der Waals surface area contributed by atoms with Gasteiger partial charge in [-0.2, -0.15) is 0 Å². The van der Waals surface area contributed by atoms with E-state index in [2.05, 4.69) is 4.90 Å². The highest BCUT2D eigenvalue weighted by Crippen LogP contribution is 2.25. The molecule has 168 valence electrons. The Labute approximate surface area is 190 Å². The normalized spacial score (nSPS) is 15.7. The second-order valence-electron chi connectivity index (χ2n) is 7.81. The van der Waals surface area contributed by atoms with Crippen LogP contribution in [0.25, 0.3) is 10.9 Å². The summed E-state index contributed by atoms with van der Waals surface area (Å²) in [5, 5.41) is 0.624. The van der Waals surface area contributed by atoms with Crippen LogP contribution in [0.1, 0.15) is 23.7 Å². The first-order valence-corrected chi connectivity index (χ1v) is 11.7. The van der Waals surface area contributed by atoms with Crippen molar-refractivity contribution in [3.05, 3.63) is 70.3 Å². The van der Waals surface area contributed by atoms with Crippen LogP contribution in [0.4, 0.5) is 4.39 Å². The third-order valence-electron chi connectivity index (χ3n) is 5.57. The van der Waals surface area contributed by atoms with Gasteiger partial charge < -0.3 is 4.74 Å². The number of fused-ring (bicyclic) bond motifs is 1. The fraction of sp³-hybridized carbons (Fsp3) is 0.375.